The molecule has 0 saturated carbocycles. The van der Waals surface area contributed by atoms with Gasteiger partial charge in [0.2, 0.25) is 0 Å². The Labute approximate surface area is 119 Å². The van der Waals surface area contributed by atoms with E-state index in [-0.39, 0.29) is 11.9 Å². The van der Waals surface area contributed by atoms with Crippen molar-refractivity contribution in [2.45, 2.75) is 13.0 Å². The van der Waals surface area contributed by atoms with Crippen LogP contribution in [0.5, 0.6) is 0 Å². The summed E-state index contributed by atoms with van der Waals surface area (Å²) in [5.74, 6) is 0.637. The SMILES string of the molecule is C[C@H](NC(=O)c1cc(Br)c(Br)s1)c1ccco1. The van der Waals surface area contributed by atoms with Crippen molar-refractivity contribution in [2.75, 3.05) is 0 Å². The first-order valence-corrected chi connectivity index (χ1v) is 7.27. The molecular formula is C11H9Br2NO2S. The summed E-state index contributed by atoms with van der Waals surface area (Å²) in [7, 11) is 0. The number of hydrogen-bond donors (Lipinski definition) is 1. The van der Waals surface area contributed by atoms with Gasteiger partial charge in [-0.2, -0.15) is 0 Å². The van der Waals surface area contributed by atoms with Crippen LogP contribution in [0.3, 0.4) is 0 Å². The first kappa shape index (κ1) is 12.9. The van der Waals surface area contributed by atoms with Crippen molar-refractivity contribution >= 4 is 49.1 Å². The van der Waals surface area contributed by atoms with E-state index in [0.717, 1.165) is 14.0 Å². The fraction of sp³-hybridized carbons (Fsp3) is 0.182. The van der Waals surface area contributed by atoms with Gasteiger partial charge in [-0.3, -0.25) is 4.79 Å². The highest BCUT2D eigenvalue weighted by Crippen LogP contribution is 2.32. The van der Waals surface area contributed by atoms with Gasteiger partial charge in [0.05, 0.1) is 21.0 Å². The van der Waals surface area contributed by atoms with Crippen molar-refractivity contribution in [3.63, 3.8) is 0 Å². The van der Waals surface area contributed by atoms with Crippen LogP contribution in [0.4, 0.5) is 0 Å². The monoisotopic (exact) mass is 377 g/mol. The molecule has 2 aromatic rings. The van der Waals surface area contributed by atoms with Crippen LogP contribution >= 0.6 is 43.2 Å². The Hall–Kier alpha value is -0.590. The lowest BCUT2D eigenvalue weighted by molar-refractivity contribution is 0.0939. The molecule has 0 aliphatic carbocycles. The third-order valence-corrected chi connectivity index (χ3v) is 5.44. The Kier molecular flexibility index (Phi) is 4.06. The van der Waals surface area contributed by atoms with E-state index in [9.17, 15) is 4.79 Å². The minimum atomic E-state index is -0.142. The third-order valence-electron chi connectivity index (χ3n) is 2.19. The Balaban J connectivity index is 2.07. The number of thiophene rings is 1. The number of amides is 1. The molecule has 0 unspecified atom stereocenters. The van der Waals surface area contributed by atoms with Gasteiger partial charge in [-0.05, 0) is 57.0 Å². The molecule has 1 atom stereocenters. The lowest BCUT2D eigenvalue weighted by Gasteiger charge is -2.09. The maximum absolute atomic E-state index is 11.9. The molecule has 2 heterocycles. The first-order chi connectivity index (χ1) is 8.08. The van der Waals surface area contributed by atoms with Gasteiger partial charge < -0.3 is 9.73 Å². The molecule has 1 amide bonds. The van der Waals surface area contributed by atoms with E-state index in [1.807, 2.05) is 13.0 Å². The maximum Gasteiger partial charge on any atom is 0.262 e. The van der Waals surface area contributed by atoms with Gasteiger partial charge >= 0.3 is 0 Å². The maximum atomic E-state index is 11.9. The second-order valence-electron chi connectivity index (χ2n) is 3.44. The molecule has 0 spiro atoms. The molecule has 0 aromatic carbocycles. The smallest absolute Gasteiger partial charge is 0.262 e. The summed E-state index contributed by atoms with van der Waals surface area (Å²) in [6, 6.07) is 5.29. The largest absolute Gasteiger partial charge is 0.467 e. The van der Waals surface area contributed by atoms with Crippen LogP contribution < -0.4 is 5.32 Å². The van der Waals surface area contributed by atoms with Crippen LogP contribution in [0.25, 0.3) is 0 Å². The molecule has 0 fully saturated rings. The summed E-state index contributed by atoms with van der Waals surface area (Å²) in [5.41, 5.74) is 0. The van der Waals surface area contributed by atoms with Crippen molar-refractivity contribution in [3.05, 3.63) is 43.4 Å². The van der Waals surface area contributed by atoms with E-state index < -0.39 is 0 Å². The van der Waals surface area contributed by atoms with Crippen molar-refractivity contribution in [2.24, 2.45) is 0 Å². The molecule has 0 bridgehead atoms. The molecule has 0 aliphatic rings. The van der Waals surface area contributed by atoms with Gasteiger partial charge in [0, 0.05) is 4.47 Å². The summed E-state index contributed by atoms with van der Waals surface area (Å²) in [6.45, 7) is 1.88. The minimum Gasteiger partial charge on any atom is -0.467 e. The number of nitrogens with one attached hydrogen (secondary N) is 1. The zero-order valence-corrected chi connectivity index (χ0v) is 12.9. The highest BCUT2D eigenvalue weighted by atomic mass is 79.9. The Bertz CT molecular complexity index is 502. The molecule has 3 nitrogen and oxygen atoms in total. The lowest BCUT2D eigenvalue weighted by atomic mass is 10.2. The normalized spacial score (nSPS) is 12.4. The summed E-state index contributed by atoms with van der Waals surface area (Å²) in [5, 5.41) is 2.88. The molecule has 90 valence electrons. The number of halogens is 2. The molecule has 0 saturated heterocycles. The molecule has 2 aromatic heterocycles. The van der Waals surface area contributed by atoms with Crippen molar-refractivity contribution in [3.8, 4) is 0 Å². The second-order valence-corrected chi connectivity index (χ2v) is 6.67. The van der Waals surface area contributed by atoms with E-state index >= 15 is 0 Å². The van der Waals surface area contributed by atoms with Crippen molar-refractivity contribution in [1.29, 1.82) is 0 Å². The van der Waals surface area contributed by atoms with Crippen LogP contribution in [0.2, 0.25) is 0 Å². The number of rotatable bonds is 3. The fourth-order valence-corrected chi connectivity index (χ4v) is 3.27. The van der Waals surface area contributed by atoms with Crippen molar-refractivity contribution < 1.29 is 9.21 Å². The molecular weight excluding hydrogens is 370 g/mol. The summed E-state index contributed by atoms with van der Waals surface area (Å²) >= 11 is 8.11. The third kappa shape index (κ3) is 3.00. The average Bonchev–Trinajstić information content (AvgIpc) is 2.89. The zero-order valence-electron chi connectivity index (χ0n) is 8.87. The van der Waals surface area contributed by atoms with E-state index in [1.54, 1.807) is 18.4 Å². The molecule has 6 heteroatoms. The van der Waals surface area contributed by atoms with Gasteiger partial charge in [0.15, 0.2) is 0 Å². The lowest BCUT2D eigenvalue weighted by Crippen LogP contribution is -2.25. The summed E-state index contributed by atoms with van der Waals surface area (Å²) in [6.07, 6.45) is 1.59. The summed E-state index contributed by atoms with van der Waals surface area (Å²) in [4.78, 5) is 12.6. The molecule has 0 radical (unpaired) electrons. The van der Waals surface area contributed by atoms with Gasteiger partial charge in [0.25, 0.3) is 5.91 Å². The molecule has 17 heavy (non-hydrogen) atoms. The van der Waals surface area contributed by atoms with Gasteiger partial charge in [-0.15, -0.1) is 11.3 Å². The Morgan fingerprint density at radius 3 is 2.82 bits per heavy atom. The first-order valence-electron chi connectivity index (χ1n) is 4.87. The van der Waals surface area contributed by atoms with E-state index in [1.165, 1.54) is 11.3 Å². The summed E-state index contributed by atoms with van der Waals surface area (Å²) < 4.78 is 7.03. The van der Waals surface area contributed by atoms with Crippen LogP contribution in [-0.2, 0) is 0 Å². The molecule has 1 N–H and O–H groups in total. The fourth-order valence-electron chi connectivity index (χ4n) is 1.34. The molecule has 0 aliphatic heterocycles. The standard InChI is InChI=1S/C11H9Br2NO2S/c1-6(8-3-2-4-16-8)14-11(15)9-5-7(12)10(13)17-9/h2-6H,1H3,(H,14,15)/t6-/m0/s1. The van der Waals surface area contributed by atoms with Crippen molar-refractivity contribution in [1.82, 2.24) is 5.32 Å². The predicted molar refractivity (Wildman–Crippen MR) is 74.3 cm³/mol. The predicted octanol–water partition coefficient (Wildman–Crippen LogP) is 4.36. The number of hydrogen-bond acceptors (Lipinski definition) is 3. The van der Waals surface area contributed by atoms with Crippen LogP contribution in [-0.4, -0.2) is 5.91 Å². The van der Waals surface area contributed by atoms with Crippen LogP contribution in [0, 0.1) is 0 Å². The van der Waals surface area contributed by atoms with Crippen LogP contribution in [0.1, 0.15) is 28.4 Å². The highest BCUT2D eigenvalue weighted by Gasteiger charge is 2.16. The highest BCUT2D eigenvalue weighted by molar-refractivity contribution is 9.13. The minimum absolute atomic E-state index is 0.106. The van der Waals surface area contributed by atoms with Gasteiger partial charge in [0.1, 0.15) is 5.76 Å². The van der Waals surface area contributed by atoms with Gasteiger partial charge in [-0.25, -0.2) is 0 Å². The number of carbonyl (C=O) groups is 1. The van der Waals surface area contributed by atoms with E-state index in [0.29, 0.717) is 4.88 Å². The van der Waals surface area contributed by atoms with Gasteiger partial charge in [-0.1, -0.05) is 0 Å². The quantitative estimate of drug-likeness (QED) is 0.862. The second kappa shape index (κ2) is 5.37. The number of carbonyl (C=O) groups excluding carboxylic acids is 1. The number of furan rings is 1. The average molecular weight is 379 g/mol. The van der Waals surface area contributed by atoms with E-state index in [2.05, 4.69) is 37.2 Å². The molecule has 2 rings (SSSR count). The van der Waals surface area contributed by atoms with E-state index in [4.69, 9.17) is 4.42 Å². The van der Waals surface area contributed by atoms with Crippen LogP contribution in [0.15, 0.2) is 37.1 Å². The topological polar surface area (TPSA) is 42.2 Å². The Morgan fingerprint density at radius 1 is 1.53 bits per heavy atom. The zero-order chi connectivity index (χ0) is 12.4. The Morgan fingerprint density at radius 2 is 2.29 bits per heavy atom.